The Kier molecular flexibility index (Phi) is 5.54. The van der Waals surface area contributed by atoms with Crippen LogP contribution in [0, 0.1) is 0 Å². The molecule has 0 aliphatic heterocycles. The highest BCUT2D eigenvalue weighted by atomic mass is 14.8. The van der Waals surface area contributed by atoms with Crippen LogP contribution in [-0.2, 0) is 0 Å². The molecule has 0 amide bonds. The average Bonchev–Trinajstić information content (AvgIpc) is 3.42. The van der Waals surface area contributed by atoms with Crippen LogP contribution >= 0.6 is 0 Å². The van der Waals surface area contributed by atoms with Crippen molar-refractivity contribution < 1.29 is 0 Å². The maximum Gasteiger partial charge on any atom is 0.0980 e. The molecule has 1 aliphatic carbocycles. The van der Waals surface area contributed by atoms with Crippen LogP contribution in [0.4, 0.5) is 0 Å². The molecule has 0 saturated heterocycles. The summed E-state index contributed by atoms with van der Waals surface area (Å²) < 4.78 is 0. The van der Waals surface area contributed by atoms with E-state index in [1.165, 1.54) is 33.0 Å². The molecule has 44 heavy (non-hydrogen) atoms. The van der Waals surface area contributed by atoms with Crippen LogP contribution in [0.25, 0.3) is 88.8 Å². The van der Waals surface area contributed by atoms with E-state index in [9.17, 15) is 0 Å². The summed E-state index contributed by atoms with van der Waals surface area (Å²) in [5.74, 6) is 0. The van der Waals surface area contributed by atoms with Crippen molar-refractivity contribution in [1.29, 1.82) is 0 Å². The molecule has 0 radical (unpaired) electrons. The zero-order chi connectivity index (χ0) is 29.0. The summed E-state index contributed by atoms with van der Waals surface area (Å²) in [6, 6.07) is 56.0. The summed E-state index contributed by atoms with van der Waals surface area (Å²) in [5, 5.41) is 2.45. The molecule has 8 aromatic rings. The summed E-state index contributed by atoms with van der Waals surface area (Å²) in [6.07, 6.45) is 0. The van der Waals surface area contributed by atoms with Crippen molar-refractivity contribution in [1.82, 2.24) is 9.97 Å². The highest BCUT2D eigenvalue weighted by molar-refractivity contribution is 6.15. The fourth-order valence-corrected chi connectivity index (χ4v) is 6.71. The number of hydrogen-bond donors (Lipinski definition) is 0. The second kappa shape index (κ2) is 9.86. The van der Waals surface area contributed by atoms with Gasteiger partial charge in [-0.25, -0.2) is 9.97 Å². The maximum absolute atomic E-state index is 5.48. The molecular formula is C42H26N2. The molecule has 204 valence electrons. The van der Waals surface area contributed by atoms with Gasteiger partial charge in [-0.2, -0.15) is 0 Å². The van der Waals surface area contributed by atoms with Gasteiger partial charge in [-0.3, -0.25) is 0 Å². The van der Waals surface area contributed by atoms with E-state index in [1.54, 1.807) is 0 Å². The fraction of sp³-hybridized carbons (Fsp3) is 0. The van der Waals surface area contributed by atoms with Gasteiger partial charge in [0.1, 0.15) is 0 Å². The van der Waals surface area contributed by atoms with Gasteiger partial charge in [-0.15, -0.1) is 0 Å². The first kappa shape index (κ1) is 24.7. The first-order valence-corrected chi connectivity index (χ1v) is 15.0. The van der Waals surface area contributed by atoms with Crippen molar-refractivity contribution in [3.63, 3.8) is 0 Å². The Morgan fingerprint density at radius 2 is 0.705 bits per heavy atom. The third-order valence-corrected chi connectivity index (χ3v) is 8.80. The molecule has 1 heterocycles. The molecule has 0 unspecified atom stereocenters. The molecular weight excluding hydrogens is 532 g/mol. The smallest absolute Gasteiger partial charge is 0.0980 e. The minimum atomic E-state index is 0.918. The summed E-state index contributed by atoms with van der Waals surface area (Å²) in [4.78, 5) is 11.0. The predicted octanol–water partition coefficient (Wildman–Crippen LogP) is 11.1. The lowest BCUT2D eigenvalue weighted by molar-refractivity contribution is 1.32. The Morgan fingerprint density at radius 3 is 1.18 bits per heavy atom. The number of fused-ring (bicyclic) bond motifs is 4. The standard InChI is InChI=1S/C42H26N2/c1-3-11-27(12-4-1)30-17-7-19-32(25-30)34-23-24-35(33-20-8-18-31(26-33)28-13-5-2-6-14-28)40-39(34)43-41-36-21-9-15-29-16-10-22-37(38(29)36)42(41)44-40/h1-26H. The SMILES string of the molecule is c1ccc(-c2cccc(-c3ccc(-c4cccc(-c5ccccc5)c4)c4nc5c(nc34)-c3cccc4cccc-5c34)c2)cc1. The Morgan fingerprint density at radius 1 is 0.295 bits per heavy atom. The van der Waals surface area contributed by atoms with Gasteiger partial charge in [0.15, 0.2) is 0 Å². The van der Waals surface area contributed by atoms with E-state index in [0.29, 0.717) is 0 Å². The second-order valence-corrected chi connectivity index (χ2v) is 11.4. The van der Waals surface area contributed by atoms with Crippen molar-refractivity contribution in [3.05, 3.63) is 158 Å². The lowest BCUT2D eigenvalue weighted by Crippen LogP contribution is -1.96. The second-order valence-electron chi connectivity index (χ2n) is 11.4. The van der Waals surface area contributed by atoms with Gasteiger partial charge in [-0.05, 0) is 50.9 Å². The van der Waals surface area contributed by atoms with Gasteiger partial charge >= 0.3 is 0 Å². The van der Waals surface area contributed by atoms with Gasteiger partial charge in [0.05, 0.1) is 22.4 Å². The number of aromatic nitrogens is 2. The molecule has 0 spiro atoms. The first-order valence-electron chi connectivity index (χ1n) is 15.0. The minimum Gasteiger partial charge on any atom is -0.243 e. The summed E-state index contributed by atoms with van der Waals surface area (Å²) in [5.41, 5.74) is 15.2. The van der Waals surface area contributed by atoms with Gasteiger partial charge in [0, 0.05) is 27.6 Å². The van der Waals surface area contributed by atoms with Gasteiger partial charge in [-0.1, -0.05) is 146 Å². The van der Waals surface area contributed by atoms with Crippen LogP contribution in [0.1, 0.15) is 0 Å². The van der Waals surface area contributed by atoms with E-state index in [1.807, 2.05) is 0 Å². The Hall–Kier alpha value is -5.86. The van der Waals surface area contributed by atoms with Crippen molar-refractivity contribution in [2.45, 2.75) is 0 Å². The molecule has 0 bridgehead atoms. The van der Waals surface area contributed by atoms with Gasteiger partial charge < -0.3 is 0 Å². The molecule has 9 rings (SSSR count). The Labute approximate surface area is 256 Å². The normalized spacial score (nSPS) is 11.6. The van der Waals surface area contributed by atoms with Crippen molar-refractivity contribution in [3.8, 4) is 67.0 Å². The van der Waals surface area contributed by atoms with Crippen LogP contribution in [-0.4, -0.2) is 9.97 Å². The molecule has 2 heteroatoms. The minimum absolute atomic E-state index is 0.918. The molecule has 0 saturated carbocycles. The van der Waals surface area contributed by atoms with Crippen molar-refractivity contribution in [2.75, 3.05) is 0 Å². The molecule has 1 aromatic heterocycles. The molecule has 2 nitrogen and oxygen atoms in total. The van der Waals surface area contributed by atoms with E-state index in [-0.39, 0.29) is 0 Å². The topological polar surface area (TPSA) is 25.8 Å². The molecule has 1 aliphatic rings. The highest BCUT2D eigenvalue weighted by Gasteiger charge is 2.26. The van der Waals surface area contributed by atoms with E-state index in [2.05, 4.69) is 158 Å². The molecule has 0 fully saturated rings. The Bertz CT molecular complexity index is 2210. The van der Waals surface area contributed by atoms with Crippen LogP contribution in [0.5, 0.6) is 0 Å². The fourth-order valence-electron chi connectivity index (χ4n) is 6.71. The van der Waals surface area contributed by atoms with E-state index in [4.69, 9.17) is 9.97 Å². The third kappa shape index (κ3) is 3.89. The van der Waals surface area contributed by atoms with Crippen molar-refractivity contribution >= 4 is 21.8 Å². The number of nitrogens with zero attached hydrogens (tertiary/aromatic N) is 2. The van der Waals surface area contributed by atoms with Crippen LogP contribution in [0.3, 0.4) is 0 Å². The predicted molar refractivity (Wildman–Crippen MR) is 183 cm³/mol. The van der Waals surface area contributed by atoms with Crippen LogP contribution < -0.4 is 0 Å². The third-order valence-electron chi connectivity index (χ3n) is 8.80. The monoisotopic (exact) mass is 558 g/mol. The number of rotatable bonds is 4. The van der Waals surface area contributed by atoms with E-state index >= 15 is 0 Å². The zero-order valence-corrected chi connectivity index (χ0v) is 23.9. The lowest BCUT2D eigenvalue weighted by Gasteiger charge is -2.14. The average molecular weight is 559 g/mol. The van der Waals surface area contributed by atoms with Gasteiger partial charge in [0.25, 0.3) is 0 Å². The zero-order valence-electron chi connectivity index (χ0n) is 23.9. The molecule has 0 atom stereocenters. The molecule has 0 N–H and O–H groups in total. The lowest BCUT2D eigenvalue weighted by atomic mass is 9.93. The maximum atomic E-state index is 5.48. The largest absolute Gasteiger partial charge is 0.243 e. The van der Waals surface area contributed by atoms with Crippen molar-refractivity contribution in [2.24, 2.45) is 0 Å². The highest BCUT2D eigenvalue weighted by Crippen LogP contribution is 2.47. The first-order chi connectivity index (χ1) is 21.8. The quantitative estimate of drug-likeness (QED) is 0.215. The van der Waals surface area contributed by atoms with E-state index in [0.717, 1.165) is 55.8 Å². The van der Waals surface area contributed by atoms with Crippen LogP contribution in [0.2, 0.25) is 0 Å². The number of benzene rings is 7. The Balaban J connectivity index is 1.31. The molecule has 7 aromatic carbocycles. The van der Waals surface area contributed by atoms with Gasteiger partial charge in [0.2, 0.25) is 0 Å². The summed E-state index contributed by atoms with van der Waals surface area (Å²) in [6.45, 7) is 0. The van der Waals surface area contributed by atoms with Crippen LogP contribution in [0.15, 0.2) is 158 Å². The number of hydrogen-bond acceptors (Lipinski definition) is 2. The summed E-state index contributed by atoms with van der Waals surface area (Å²) in [7, 11) is 0. The summed E-state index contributed by atoms with van der Waals surface area (Å²) >= 11 is 0. The van der Waals surface area contributed by atoms with E-state index < -0.39 is 0 Å².